The molecule has 2 aromatic carbocycles. The van der Waals surface area contributed by atoms with Gasteiger partial charge < -0.3 is 4.74 Å². The third-order valence-electron chi connectivity index (χ3n) is 2.99. The predicted octanol–water partition coefficient (Wildman–Crippen LogP) is 3.45. The van der Waals surface area contributed by atoms with E-state index in [1.807, 2.05) is 61.5 Å². The van der Waals surface area contributed by atoms with Crippen LogP contribution in [0, 0.1) is 6.92 Å². The van der Waals surface area contributed by atoms with Crippen molar-refractivity contribution in [3.05, 3.63) is 65.2 Å². The van der Waals surface area contributed by atoms with Gasteiger partial charge in [-0.05, 0) is 24.6 Å². The van der Waals surface area contributed by atoms with Crippen molar-refractivity contribution < 1.29 is 9.53 Å². The maximum Gasteiger partial charge on any atom is 0.344 e. The van der Waals surface area contributed by atoms with Gasteiger partial charge >= 0.3 is 5.97 Å². The summed E-state index contributed by atoms with van der Waals surface area (Å²) < 4.78 is 5.21. The molecule has 2 nitrogen and oxygen atoms in total. The molecule has 0 aromatic heterocycles. The molecule has 0 fully saturated rings. The molecule has 3 rings (SSSR count). The number of carbonyl (C=O) groups excluding carboxylic acids is 1. The van der Waals surface area contributed by atoms with Gasteiger partial charge in [-0.1, -0.05) is 48.0 Å². The Morgan fingerprint density at radius 1 is 1.00 bits per heavy atom. The SMILES string of the molecule is Cc1ccc(/C=C2/C(=O)Oc3ccccc32)cc1. The number of esters is 1. The van der Waals surface area contributed by atoms with Crippen molar-refractivity contribution in [1.29, 1.82) is 0 Å². The molecular formula is C16H12O2. The summed E-state index contributed by atoms with van der Waals surface area (Å²) in [6, 6.07) is 15.5. The van der Waals surface area contributed by atoms with Crippen LogP contribution in [0.2, 0.25) is 0 Å². The maximum absolute atomic E-state index is 11.8. The van der Waals surface area contributed by atoms with Crippen LogP contribution in [0.4, 0.5) is 0 Å². The molecule has 1 aliphatic rings. The largest absolute Gasteiger partial charge is 0.422 e. The molecule has 2 aromatic rings. The fourth-order valence-electron chi connectivity index (χ4n) is 2.01. The molecule has 0 amide bonds. The number of hydrogen-bond donors (Lipinski definition) is 0. The van der Waals surface area contributed by atoms with Gasteiger partial charge in [-0.2, -0.15) is 0 Å². The molecule has 0 bridgehead atoms. The first-order valence-electron chi connectivity index (χ1n) is 5.84. The Hall–Kier alpha value is -2.35. The molecule has 88 valence electrons. The highest BCUT2D eigenvalue weighted by Crippen LogP contribution is 2.34. The number of carbonyl (C=O) groups is 1. The van der Waals surface area contributed by atoms with E-state index in [-0.39, 0.29) is 5.97 Å². The van der Waals surface area contributed by atoms with E-state index in [0.717, 1.165) is 11.1 Å². The Labute approximate surface area is 106 Å². The molecule has 0 aliphatic carbocycles. The van der Waals surface area contributed by atoms with E-state index in [1.165, 1.54) is 5.56 Å². The van der Waals surface area contributed by atoms with Crippen LogP contribution in [-0.4, -0.2) is 5.97 Å². The minimum absolute atomic E-state index is 0.281. The van der Waals surface area contributed by atoms with Gasteiger partial charge in [0.1, 0.15) is 5.75 Å². The van der Waals surface area contributed by atoms with Crippen LogP contribution in [0.25, 0.3) is 11.6 Å². The predicted molar refractivity (Wildman–Crippen MR) is 71.1 cm³/mol. The lowest BCUT2D eigenvalue weighted by Gasteiger charge is -1.97. The van der Waals surface area contributed by atoms with Crippen LogP contribution in [-0.2, 0) is 4.79 Å². The highest BCUT2D eigenvalue weighted by Gasteiger charge is 2.25. The number of fused-ring (bicyclic) bond motifs is 1. The Bertz CT molecular complexity index is 636. The fraction of sp³-hybridized carbons (Fsp3) is 0.0625. The standard InChI is InChI=1S/C16H12O2/c1-11-6-8-12(9-7-11)10-14-13-4-2-3-5-15(13)18-16(14)17/h2-10H,1H3/b14-10+. The molecular weight excluding hydrogens is 224 g/mol. The van der Waals surface area contributed by atoms with E-state index in [9.17, 15) is 4.79 Å². The summed E-state index contributed by atoms with van der Waals surface area (Å²) in [5.41, 5.74) is 3.69. The van der Waals surface area contributed by atoms with Crippen molar-refractivity contribution >= 4 is 17.6 Å². The molecule has 0 atom stereocenters. The van der Waals surface area contributed by atoms with Gasteiger partial charge in [0.15, 0.2) is 0 Å². The van der Waals surface area contributed by atoms with E-state index >= 15 is 0 Å². The van der Waals surface area contributed by atoms with Crippen molar-refractivity contribution in [2.45, 2.75) is 6.92 Å². The van der Waals surface area contributed by atoms with Gasteiger partial charge in [0.2, 0.25) is 0 Å². The Morgan fingerprint density at radius 3 is 2.50 bits per heavy atom. The Morgan fingerprint density at radius 2 is 1.72 bits per heavy atom. The highest BCUT2D eigenvalue weighted by molar-refractivity contribution is 6.25. The van der Waals surface area contributed by atoms with Gasteiger partial charge in [-0.25, -0.2) is 4.79 Å². The zero-order valence-corrected chi connectivity index (χ0v) is 10.0. The number of para-hydroxylation sites is 1. The Kier molecular flexibility index (Phi) is 2.49. The average molecular weight is 236 g/mol. The second kappa shape index (κ2) is 4.15. The van der Waals surface area contributed by atoms with E-state index in [1.54, 1.807) is 0 Å². The normalized spacial score (nSPS) is 15.6. The van der Waals surface area contributed by atoms with E-state index in [4.69, 9.17) is 4.74 Å². The minimum Gasteiger partial charge on any atom is -0.422 e. The van der Waals surface area contributed by atoms with E-state index in [0.29, 0.717) is 11.3 Å². The highest BCUT2D eigenvalue weighted by atomic mass is 16.5. The fourth-order valence-corrected chi connectivity index (χ4v) is 2.01. The van der Waals surface area contributed by atoms with Crippen LogP contribution in [0.5, 0.6) is 5.75 Å². The number of rotatable bonds is 1. The van der Waals surface area contributed by atoms with Gasteiger partial charge in [-0.3, -0.25) is 0 Å². The summed E-state index contributed by atoms with van der Waals surface area (Å²) in [4.78, 5) is 11.8. The zero-order valence-electron chi connectivity index (χ0n) is 10.0. The molecule has 1 heterocycles. The van der Waals surface area contributed by atoms with Crippen molar-refractivity contribution in [3.63, 3.8) is 0 Å². The molecule has 0 unspecified atom stereocenters. The molecule has 2 heteroatoms. The maximum atomic E-state index is 11.8. The molecule has 18 heavy (non-hydrogen) atoms. The van der Waals surface area contributed by atoms with Crippen LogP contribution < -0.4 is 4.74 Å². The first kappa shape index (κ1) is 10.8. The van der Waals surface area contributed by atoms with Crippen molar-refractivity contribution in [2.24, 2.45) is 0 Å². The third-order valence-corrected chi connectivity index (χ3v) is 2.99. The molecule has 0 radical (unpaired) electrons. The molecule has 1 aliphatic heterocycles. The first-order chi connectivity index (χ1) is 8.74. The van der Waals surface area contributed by atoms with Crippen molar-refractivity contribution in [2.75, 3.05) is 0 Å². The average Bonchev–Trinajstić information content (AvgIpc) is 2.69. The number of hydrogen-bond acceptors (Lipinski definition) is 2. The van der Waals surface area contributed by atoms with E-state index in [2.05, 4.69) is 0 Å². The lowest BCUT2D eigenvalue weighted by molar-refractivity contribution is -0.126. The summed E-state index contributed by atoms with van der Waals surface area (Å²) >= 11 is 0. The van der Waals surface area contributed by atoms with Gasteiger partial charge in [0.25, 0.3) is 0 Å². The van der Waals surface area contributed by atoms with Gasteiger partial charge in [0.05, 0.1) is 5.57 Å². The second-order valence-corrected chi connectivity index (χ2v) is 4.35. The Balaban J connectivity index is 2.07. The molecule has 0 saturated heterocycles. The number of ether oxygens (including phenoxy) is 1. The topological polar surface area (TPSA) is 26.3 Å². The van der Waals surface area contributed by atoms with Gasteiger partial charge in [0, 0.05) is 5.56 Å². The summed E-state index contributed by atoms with van der Waals surface area (Å²) in [6.45, 7) is 2.04. The number of benzene rings is 2. The third kappa shape index (κ3) is 1.82. The van der Waals surface area contributed by atoms with Crippen LogP contribution in [0.1, 0.15) is 16.7 Å². The number of aryl methyl sites for hydroxylation is 1. The monoisotopic (exact) mass is 236 g/mol. The quantitative estimate of drug-likeness (QED) is 0.430. The zero-order chi connectivity index (χ0) is 12.5. The van der Waals surface area contributed by atoms with E-state index < -0.39 is 0 Å². The first-order valence-corrected chi connectivity index (χ1v) is 5.84. The smallest absolute Gasteiger partial charge is 0.344 e. The lowest BCUT2D eigenvalue weighted by Crippen LogP contribution is -2.00. The minimum atomic E-state index is -0.281. The molecule has 0 spiro atoms. The molecule has 0 N–H and O–H groups in total. The second-order valence-electron chi connectivity index (χ2n) is 4.35. The lowest BCUT2D eigenvalue weighted by atomic mass is 10.0. The van der Waals surface area contributed by atoms with Crippen molar-refractivity contribution in [3.8, 4) is 5.75 Å². The summed E-state index contributed by atoms with van der Waals surface area (Å²) in [7, 11) is 0. The summed E-state index contributed by atoms with van der Waals surface area (Å²) in [6.07, 6.45) is 1.87. The van der Waals surface area contributed by atoms with Crippen LogP contribution in [0.15, 0.2) is 48.5 Å². The molecule has 0 saturated carbocycles. The summed E-state index contributed by atoms with van der Waals surface area (Å²) in [5.74, 6) is 0.359. The summed E-state index contributed by atoms with van der Waals surface area (Å²) in [5, 5.41) is 0. The van der Waals surface area contributed by atoms with Gasteiger partial charge in [-0.15, -0.1) is 0 Å². The van der Waals surface area contributed by atoms with Crippen LogP contribution >= 0.6 is 0 Å². The van der Waals surface area contributed by atoms with Crippen LogP contribution in [0.3, 0.4) is 0 Å². The van der Waals surface area contributed by atoms with Crippen molar-refractivity contribution in [1.82, 2.24) is 0 Å².